The summed E-state index contributed by atoms with van der Waals surface area (Å²) >= 11 is 0. The SMILES string of the molecule is COC(=O)/C=C/C1=CN(Cc2ccc(OC)cc2)[C@H]2C[C@@H]1[C@H](C(=O)OC)c1c2n(C)c2ccccc12. The van der Waals surface area contributed by atoms with Gasteiger partial charge in [-0.2, -0.15) is 0 Å². The molecule has 3 aromatic rings. The van der Waals surface area contributed by atoms with Crippen LogP contribution in [0.1, 0.15) is 35.2 Å². The second kappa shape index (κ2) is 9.57. The van der Waals surface area contributed by atoms with Crippen LogP contribution in [0.3, 0.4) is 0 Å². The Kier molecular flexibility index (Phi) is 6.31. The van der Waals surface area contributed by atoms with Gasteiger partial charge in [0.05, 0.1) is 33.3 Å². The molecular weight excluding hydrogens is 456 g/mol. The van der Waals surface area contributed by atoms with E-state index in [2.05, 4.69) is 47.0 Å². The number of aromatic nitrogens is 1. The molecule has 186 valence electrons. The Balaban J connectivity index is 1.67. The lowest BCUT2D eigenvalue weighted by Gasteiger charge is -2.45. The number of carbonyl (C=O) groups is 2. The van der Waals surface area contributed by atoms with Crippen molar-refractivity contribution >= 4 is 22.8 Å². The second-order valence-electron chi connectivity index (χ2n) is 9.24. The highest BCUT2D eigenvalue weighted by atomic mass is 16.5. The average molecular weight is 487 g/mol. The van der Waals surface area contributed by atoms with Crippen LogP contribution in [-0.4, -0.2) is 42.7 Å². The van der Waals surface area contributed by atoms with Gasteiger partial charge in [-0.1, -0.05) is 36.4 Å². The van der Waals surface area contributed by atoms with Crippen LogP contribution in [0.2, 0.25) is 0 Å². The number of allylic oxidation sites excluding steroid dienone is 2. The molecule has 0 fully saturated rings. The van der Waals surface area contributed by atoms with Crippen molar-refractivity contribution in [1.82, 2.24) is 9.47 Å². The van der Waals surface area contributed by atoms with Gasteiger partial charge in [-0.05, 0) is 41.3 Å². The van der Waals surface area contributed by atoms with Gasteiger partial charge >= 0.3 is 11.9 Å². The maximum absolute atomic E-state index is 13.3. The number of para-hydroxylation sites is 1. The molecule has 0 unspecified atom stereocenters. The van der Waals surface area contributed by atoms with Gasteiger partial charge in [-0.15, -0.1) is 0 Å². The number of aryl methyl sites for hydroxylation is 1. The van der Waals surface area contributed by atoms with Crippen LogP contribution >= 0.6 is 0 Å². The minimum Gasteiger partial charge on any atom is -0.497 e. The van der Waals surface area contributed by atoms with Gasteiger partial charge in [0, 0.05) is 48.4 Å². The molecule has 7 heteroatoms. The van der Waals surface area contributed by atoms with Gasteiger partial charge < -0.3 is 23.7 Å². The monoisotopic (exact) mass is 486 g/mol. The summed E-state index contributed by atoms with van der Waals surface area (Å²) in [6.07, 6.45) is 6.01. The Hall–Kier alpha value is -4.00. The number of nitrogens with zero attached hydrogens (tertiary/aromatic N) is 2. The Labute approximate surface area is 210 Å². The Morgan fingerprint density at radius 3 is 2.47 bits per heavy atom. The molecule has 0 amide bonds. The molecule has 0 spiro atoms. The molecule has 1 aromatic heterocycles. The molecular formula is C29H30N2O5. The van der Waals surface area contributed by atoms with E-state index in [1.165, 1.54) is 20.3 Å². The minimum atomic E-state index is -0.468. The van der Waals surface area contributed by atoms with Crippen LogP contribution in [0.5, 0.6) is 5.75 Å². The highest BCUT2D eigenvalue weighted by Gasteiger charge is 2.47. The highest BCUT2D eigenvalue weighted by Crippen LogP contribution is 2.53. The first-order valence-electron chi connectivity index (χ1n) is 12.0. The molecule has 0 saturated carbocycles. The zero-order chi connectivity index (χ0) is 25.4. The maximum Gasteiger partial charge on any atom is 0.330 e. The highest BCUT2D eigenvalue weighted by molar-refractivity contribution is 5.93. The van der Waals surface area contributed by atoms with Crippen LogP contribution in [0, 0.1) is 5.92 Å². The first-order chi connectivity index (χ1) is 17.5. The van der Waals surface area contributed by atoms with Crippen molar-refractivity contribution in [2.24, 2.45) is 13.0 Å². The van der Waals surface area contributed by atoms with Gasteiger partial charge in [0.25, 0.3) is 0 Å². The Morgan fingerprint density at radius 1 is 1.03 bits per heavy atom. The van der Waals surface area contributed by atoms with Gasteiger partial charge in [0.1, 0.15) is 5.75 Å². The topological polar surface area (TPSA) is 70.0 Å². The third-order valence-electron chi connectivity index (χ3n) is 7.43. The van der Waals surface area contributed by atoms with Crippen molar-refractivity contribution in [2.75, 3.05) is 21.3 Å². The summed E-state index contributed by atoms with van der Waals surface area (Å²) in [5.41, 5.74) is 5.26. The summed E-state index contributed by atoms with van der Waals surface area (Å²) in [5, 5.41) is 1.06. The summed E-state index contributed by atoms with van der Waals surface area (Å²) in [6.45, 7) is 0.667. The second-order valence-corrected chi connectivity index (χ2v) is 9.24. The molecule has 2 heterocycles. The van der Waals surface area contributed by atoms with Gasteiger partial charge in [0.2, 0.25) is 0 Å². The molecule has 0 N–H and O–H groups in total. The standard InChI is InChI=1S/C29H30N2O5/c1-30-23-8-6-5-7-21(23)26-27(29(33)36-4)22-15-24(28(26)30)31(17-19(22)11-14-25(32)35-3)16-18-9-12-20(34-2)13-10-18/h5-14,17,22,24,27H,15-16H2,1-4H3/b14-11+/t22-,24-,27-/m0/s1. The van der Waals surface area contributed by atoms with Crippen molar-refractivity contribution in [2.45, 2.75) is 24.9 Å². The normalized spacial score (nSPS) is 20.7. The van der Waals surface area contributed by atoms with E-state index in [0.29, 0.717) is 6.54 Å². The molecule has 2 aliphatic rings. The van der Waals surface area contributed by atoms with Crippen LogP contribution in [0.4, 0.5) is 0 Å². The summed E-state index contributed by atoms with van der Waals surface area (Å²) in [7, 11) is 6.52. The minimum absolute atomic E-state index is 0.0562. The molecule has 7 nitrogen and oxygen atoms in total. The van der Waals surface area contributed by atoms with E-state index in [4.69, 9.17) is 14.2 Å². The van der Waals surface area contributed by atoms with Crippen LogP contribution in [-0.2, 0) is 32.7 Å². The lowest BCUT2D eigenvalue weighted by atomic mass is 9.69. The fraction of sp³-hybridized carbons (Fsp3) is 0.310. The van der Waals surface area contributed by atoms with Gasteiger partial charge in [-0.25, -0.2) is 4.79 Å². The number of ether oxygens (including phenoxy) is 3. The number of esters is 2. The van der Waals surface area contributed by atoms with E-state index in [1.807, 2.05) is 24.3 Å². The van der Waals surface area contributed by atoms with Crippen LogP contribution in [0.25, 0.3) is 10.9 Å². The number of rotatable bonds is 6. The first-order valence-corrected chi connectivity index (χ1v) is 12.0. The van der Waals surface area contributed by atoms with Crippen molar-refractivity contribution in [3.05, 3.63) is 89.3 Å². The number of carbonyl (C=O) groups excluding carboxylic acids is 2. The van der Waals surface area contributed by atoms with Gasteiger partial charge in [0.15, 0.2) is 0 Å². The summed E-state index contributed by atoms with van der Waals surface area (Å²) in [4.78, 5) is 27.5. The maximum atomic E-state index is 13.3. The number of methoxy groups -OCH3 is 3. The summed E-state index contributed by atoms with van der Waals surface area (Å²) in [5.74, 6) is -0.491. The first kappa shape index (κ1) is 23.7. The number of benzene rings is 2. The molecule has 5 rings (SSSR count). The van der Waals surface area contributed by atoms with Crippen molar-refractivity contribution in [1.29, 1.82) is 0 Å². The lowest BCUT2D eigenvalue weighted by Crippen LogP contribution is -2.40. The largest absolute Gasteiger partial charge is 0.497 e. The molecule has 2 bridgehead atoms. The number of hydrogen-bond donors (Lipinski definition) is 0. The molecule has 1 aliphatic carbocycles. The van der Waals surface area contributed by atoms with E-state index in [9.17, 15) is 9.59 Å². The predicted octanol–water partition coefficient (Wildman–Crippen LogP) is 4.63. The predicted molar refractivity (Wildman–Crippen MR) is 136 cm³/mol. The molecule has 3 atom stereocenters. The molecule has 36 heavy (non-hydrogen) atoms. The van der Waals surface area contributed by atoms with E-state index >= 15 is 0 Å². The zero-order valence-corrected chi connectivity index (χ0v) is 20.9. The zero-order valence-electron chi connectivity index (χ0n) is 20.9. The molecule has 1 aliphatic heterocycles. The van der Waals surface area contributed by atoms with Crippen LogP contribution in [0.15, 0.2) is 72.5 Å². The third-order valence-corrected chi connectivity index (χ3v) is 7.43. The Morgan fingerprint density at radius 2 is 1.78 bits per heavy atom. The molecule has 0 saturated heterocycles. The average Bonchev–Trinajstić information content (AvgIpc) is 3.21. The molecule has 2 aromatic carbocycles. The lowest BCUT2D eigenvalue weighted by molar-refractivity contribution is -0.144. The van der Waals surface area contributed by atoms with Crippen molar-refractivity contribution in [3.8, 4) is 5.75 Å². The van der Waals surface area contributed by atoms with Crippen molar-refractivity contribution in [3.63, 3.8) is 0 Å². The number of hydrogen-bond acceptors (Lipinski definition) is 6. The van der Waals surface area contributed by atoms with Crippen molar-refractivity contribution < 1.29 is 23.8 Å². The van der Waals surface area contributed by atoms with E-state index in [0.717, 1.165) is 45.5 Å². The fourth-order valence-electron chi connectivity index (χ4n) is 5.77. The fourth-order valence-corrected chi connectivity index (χ4v) is 5.77. The molecule has 0 radical (unpaired) electrons. The summed E-state index contributed by atoms with van der Waals surface area (Å²) in [6, 6.07) is 16.3. The van der Waals surface area contributed by atoms with E-state index in [-0.39, 0.29) is 17.9 Å². The Bertz CT molecular complexity index is 1370. The smallest absolute Gasteiger partial charge is 0.330 e. The van der Waals surface area contributed by atoms with Crippen LogP contribution < -0.4 is 4.74 Å². The summed E-state index contributed by atoms with van der Waals surface area (Å²) < 4.78 is 17.7. The van der Waals surface area contributed by atoms with E-state index < -0.39 is 11.9 Å². The van der Waals surface area contributed by atoms with E-state index in [1.54, 1.807) is 13.2 Å². The quantitative estimate of drug-likeness (QED) is 0.374. The van der Waals surface area contributed by atoms with Gasteiger partial charge in [-0.3, -0.25) is 4.79 Å². The third kappa shape index (κ3) is 3.94. The number of fused-ring (bicyclic) bond motifs is 6.